The molecule has 0 bridgehead atoms. The van der Waals surface area contributed by atoms with Crippen molar-refractivity contribution in [1.29, 1.82) is 0 Å². The summed E-state index contributed by atoms with van der Waals surface area (Å²) in [4.78, 5) is 0. The number of benzene rings is 11. The van der Waals surface area contributed by atoms with E-state index in [4.69, 9.17) is 37.9 Å². The van der Waals surface area contributed by atoms with Gasteiger partial charge in [-0.2, -0.15) is 13.2 Å². The van der Waals surface area contributed by atoms with Crippen molar-refractivity contribution in [3.8, 4) is 73.6 Å². The van der Waals surface area contributed by atoms with Gasteiger partial charge in [0.15, 0.2) is 57.9 Å². The lowest BCUT2D eigenvalue weighted by Gasteiger charge is -2.13. The molecule has 0 fully saturated rings. The summed E-state index contributed by atoms with van der Waals surface area (Å²) in [6.07, 6.45) is 4.37. The van der Waals surface area contributed by atoms with Gasteiger partial charge < -0.3 is 37.9 Å². The summed E-state index contributed by atoms with van der Waals surface area (Å²) in [7, 11) is 6.69. The second-order valence-corrected chi connectivity index (χ2v) is 21.5. The average molecular weight is 1320 g/mol. The summed E-state index contributed by atoms with van der Waals surface area (Å²) in [5, 5.41) is -0.552. The maximum absolute atomic E-state index is 14.9. The number of fused-ring (bicyclic) bond motifs is 4. The van der Waals surface area contributed by atoms with E-state index in [0.29, 0.717) is 52.5 Å². The predicted octanol–water partition coefficient (Wildman–Crippen LogP) is 21.0. The van der Waals surface area contributed by atoms with E-state index in [1.165, 1.54) is 109 Å². The first-order valence-corrected chi connectivity index (χ1v) is 29.5. The molecule has 496 valence electrons. The van der Waals surface area contributed by atoms with E-state index in [1.54, 1.807) is 84.9 Å². The van der Waals surface area contributed by atoms with Gasteiger partial charge in [-0.3, -0.25) is 0 Å². The van der Waals surface area contributed by atoms with Gasteiger partial charge in [0, 0.05) is 23.8 Å². The van der Waals surface area contributed by atoms with Crippen molar-refractivity contribution in [2.45, 2.75) is 40.5 Å². The molecule has 0 saturated carbocycles. The molecule has 8 nitrogen and oxygen atoms in total. The summed E-state index contributed by atoms with van der Waals surface area (Å²) >= 11 is 0. The molecule has 11 rings (SSSR count). The van der Waals surface area contributed by atoms with Crippen molar-refractivity contribution >= 4 is 43.1 Å². The fourth-order valence-corrected chi connectivity index (χ4v) is 9.94. The van der Waals surface area contributed by atoms with E-state index in [0.717, 1.165) is 6.42 Å². The van der Waals surface area contributed by atoms with Gasteiger partial charge in [-0.15, -0.1) is 0 Å². The summed E-state index contributed by atoms with van der Waals surface area (Å²) in [6, 6.07) is 37.6. The van der Waals surface area contributed by atoms with Crippen LogP contribution in [0.25, 0.3) is 76.5 Å². The molecular formula is C75H64F12O8. The number of halogens is 12. The quantitative estimate of drug-likeness (QED) is 0.0621. The minimum absolute atomic E-state index is 0.0656. The highest BCUT2D eigenvalue weighted by molar-refractivity contribution is 5.93. The van der Waals surface area contributed by atoms with Crippen LogP contribution >= 0.6 is 0 Å². The first-order chi connectivity index (χ1) is 45.6. The zero-order valence-electron chi connectivity index (χ0n) is 52.9. The topological polar surface area (TPSA) is 73.8 Å². The molecule has 0 radical (unpaired) electrons. The Kier molecular flexibility index (Phi) is 24.0. The Morgan fingerprint density at radius 2 is 0.737 bits per heavy atom. The predicted molar refractivity (Wildman–Crippen MR) is 345 cm³/mol. The van der Waals surface area contributed by atoms with Gasteiger partial charge in [-0.05, 0) is 136 Å². The minimum atomic E-state index is -1.26. The van der Waals surface area contributed by atoms with Gasteiger partial charge in [-0.25, -0.2) is 39.5 Å². The molecule has 11 aromatic rings. The fourth-order valence-electron chi connectivity index (χ4n) is 9.94. The van der Waals surface area contributed by atoms with Crippen LogP contribution in [0.1, 0.15) is 39.7 Å². The lowest BCUT2D eigenvalue weighted by molar-refractivity contribution is 0.201. The Balaban J connectivity index is 0.000000162. The molecule has 0 aliphatic carbocycles. The molecule has 0 aliphatic heterocycles. The molecule has 11 aromatic carbocycles. The molecule has 20 heteroatoms. The second kappa shape index (κ2) is 32.2. The van der Waals surface area contributed by atoms with Gasteiger partial charge >= 0.3 is 0 Å². The Bertz CT molecular complexity index is 4540. The van der Waals surface area contributed by atoms with Crippen LogP contribution in [-0.4, -0.2) is 55.4 Å². The first-order valence-electron chi connectivity index (χ1n) is 29.5. The van der Waals surface area contributed by atoms with Gasteiger partial charge in [0.2, 0.25) is 17.5 Å². The molecule has 0 heterocycles. The Hall–Kier alpha value is -10.1. The standard InChI is InChI=1S/C20H17F3O2.C20H15F3O2.C18H13F3O2.C17H19F3O2/c2*1-3-10-25-14-7-4-12(5-8-14)15-9-6-13-11-16(24-2)19(22)20(23)17(13)18(15)21;1-22-12-6-3-10(4-7-12)13-8-5-11-9-14(23-2)17(20)18(21)15(11)16(13)19;1-10(2)9-22-13-5-4-11-8-12(6-7-21-3)15(18)17(20)14(11)16(13)19/h4-9,11H,3,10H2,1-2H3;3-11H,1-2H3;3-9H,1-2H3;4-5,8,10H,6-7,9H2,1-3H3/b;10-3+;;. The normalized spacial score (nSPS) is 11.1. The number of rotatable bonds is 18. The highest BCUT2D eigenvalue weighted by atomic mass is 19.2. The average Bonchev–Trinajstić information content (AvgIpc) is 0.806. The number of hydrogen-bond acceptors (Lipinski definition) is 8. The van der Waals surface area contributed by atoms with Crippen LogP contribution in [-0.2, 0) is 11.2 Å². The maximum Gasteiger partial charge on any atom is 0.201 e. The Morgan fingerprint density at radius 3 is 1.12 bits per heavy atom. The van der Waals surface area contributed by atoms with E-state index in [-0.39, 0.29) is 91.1 Å². The lowest BCUT2D eigenvalue weighted by Crippen LogP contribution is -2.07. The monoisotopic (exact) mass is 1320 g/mol. The summed E-state index contributed by atoms with van der Waals surface area (Å²) in [5.41, 5.74) is 2.35. The van der Waals surface area contributed by atoms with E-state index in [2.05, 4.69) is 0 Å². The zero-order chi connectivity index (χ0) is 68.8. The minimum Gasteiger partial charge on any atom is -0.497 e. The van der Waals surface area contributed by atoms with Gasteiger partial charge in [0.05, 0.1) is 76.1 Å². The SMILES string of the molecule is C/C=C/Oc1ccc(-c2ccc3cc(OC)c(F)c(F)c3c2F)cc1.CCCOc1ccc(-c2ccc3cc(OC)c(F)c(F)c3c2F)cc1.COCCc1cc2ccc(OCC(C)C)c(F)c2c(F)c1F.COc1ccc(-c2ccc3cc(OC)c(F)c(F)c3c2F)cc1. The highest BCUT2D eigenvalue weighted by Crippen LogP contribution is 2.40. The molecule has 0 saturated heterocycles. The zero-order valence-corrected chi connectivity index (χ0v) is 52.9. The van der Waals surface area contributed by atoms with Crippen LogP contribution in [0.5, 0.6) is 40.2 Å². The molecule has 0 aromatic heterocycles. The van der Waals surface area contributed by atoms with E-state index in [1.807, 2.05) is 27.7 Å². The molecule has 0 amide bonds. The van der Waals surface area contributed by atoms with Crippen molar-refractivity contribution < 1.29 is 90.6 Å². The van der Waals surface area contributed by atoms with Crippen molar-refractivity contribution in [1.82, 2.24) is 0 Å². The smallest absolute Gasteiger partial charge is 0.201 e. The largest absolute Gasteiger partial charge is 0.497 e. The number of ether oxygens (including phenoxy) is 8. The Morgan fingerprint density at radius 1 is 0.358 bits per heavy atom. The van der Waals surface area contributed by atoms with Crippen LogP contribution < -0.4 is 33.2 Å². The molecule has 0 aliphatic rings. The van der Waals surface area contributed by atoms with Crippen molar-refractivity contribution in [2.24, 2.45) is 5.92 Å². The molecule has 0 atom stereocenters. The summed E-state index contributed by atoms with van der Waals surface area (Å²) < 4.78 is 212. The first kappa shape index (κ1) is 70.8. The molecule has 0 spiro atoms. The molecule has 0 N–H and O–H groups in total. The summed E-state index contributed by atoms with van der Waals surface area (Å²) in [5.74, 6) is -11.7. The lowest BCUT2D eigenvalue weighted by atomic mass is 9.99. The van der Waals surface area contributed by atoms with Crippen molar-refractivity contribution in [3.05, 3.63) is 233 Å². The van der Waals surface area contributed by atoms with Gasteiger partial charge in [0.1, 0.15) is 34.7 Å². The molecule has 0 unspecified atom stereocenters. The maximum atomic E-state index is 14.9. The summed E-state index contributed by atoms with van der Waals surface area (Å²) in [6.45, 7) is 8.82. The van der Waals surface area contributed by atoms with Crippen LogP contribution in [0.15, 0.2) is 158 Å². The van der Waals surface area contributed by atoms with E-state index < -0.39 is 80.6 Å². The number of allylic oxidation sites excluding steroid dienone is 1. The third-order valence-electron chi connectivity index (χ3n) is 14.8. The number of methoxy groups -OCH3 is 5. The molecular weight excluding hydrogens is 1260 g/mol. The third kappa shape index (κ3) is 15.8. The van der Waals surface area contributed by atoms with Gasteiger partial charge in [-0.1, -0.05) is 106 Å². The van der Waals surface area contributed by atoms with E-state index in [9.17, 15) is 52.7 Å². The van der Waals surface area contributed by atoms with Crippen LogP contribution in [0.2, 0.25) is 0 Å². The van der Waals surface area contributed by atoms with E-state index >= 15 is 0 Å². The second-order valence-electron chi connectivity index (χ2n) is 21.5. The third-order valence-corrected chi connectivity index (χ3v) is 14.8. The fraction of sp³-hybridized carbons (Fsp3) is 0.200. The van der Waals surface area contributed by atoms with Crippen LogP contribution in [0.3, 0.4) is 0 Å². The van der Waals surface area contributed by atoms with Crippen LogP contribution in [0.4, 0.5) is 52.7 Å². The molecule has 95 heavy (non-hydrogen) atoms. The van der Waals surface area contributed by atoms with Crippen molar-refractivity contribution in [3.63, 3.8) is 0 Å². The Labute approximate surface area is 540 Å². The number of hydrogen-bond donors (Lipinski definition) is 0. The van der Waals surface area contributed by atoms with Gasteiger partial charge in [0.25, 0.3) is 0 Å². The highest BCUT2D eigenvalue weighted by Gasteiger charge is 2.24. The van der Waals surface area contributed by atoms with Crippen molar-refractivity contribution in [2.75, 3.05) is 55.4 Å². The van der Waals surface area contributed by atoms with Crippen LogP contribution in [0, 0.1) is 75.7 Å².